The van der Waals surface area contributed by atoms with Gasteiger partial charge in [-0.3, -0.25) is 4.79 Å². The maximum Gasteiger partial charge on any atom is 0.241 e. The van der Waals surface area contributed by atoms with Crippen molar-refractivity contribution >= 4 is 17.5 Å². The fourth-order valence-electron chi connectivity index (χ4n) is 1.91. The Balaban J connectivity index is 2.14. The fraction of sp³-hybridized carbons (Fsp3) is 0.357. The van der Waals surface area contributed by atoms with Crippen molar-refractivity contribution in [3.05, 3.63) is 48.2 Å². The summed E-state index contributed by atoms with van der Waals surface area (Å²) in [6, 6.07) is 7.60. The summed E-state index contributed by atoms with van der Waals surface area (Å²) >= 11 is 5.91. The summed E-state index contributed by atoms with van der Waals surface area (Å²) in [4.78, 5) is 13.9. The van der Waals surface area contributed by atoms with Crippen LogP contribution in [0.25, 0.3) is 0 Å². The SMILES string of the molecule is CC(Cl)C(=O)N(Cc1ccco1)Cc1cccn1C. The van der Waals surface area contributed by atoms with Gasteiger partial charge >= 0.3 is 0 Å². The van der Waals surface area contributed by atoms with Crippen LogP contribution in [0.3, 0.4) is 0 Å². The van der Waals surface area contributed by atoms with Crippen molar-refractivity contribution in [2.45, 2.75) is 25.4 Å². The van der Waals surface area contributed by atoms with Gasteiger partial charge in [-0.05, 0) is 31.2 Å². The van der Waals surface area contributed by atoms with Crippen molar-refractivity contribution in [1.82, 2.24) is 9.47 Å². The van der Waals surface area contributed by atoms with Crippen LogP contribution in [-0.4, -0.2) is 20.8 Å². The zero-order chi connectivity index (χ0) is 13.8. The number of carbonyl (C=O) groups excluding carboxylic acids is 1. The van der Waals surface area contributed by atoms with Crippen LogP contribution in [-0.2, 0) is 24.9 Å². The summed E-state index contributed by atoms with van der Waals surface area (Å²) in [5, 5.41) is -0.546. The van der Waals surface area contributed by atoms with Crippen LogP contribution in [0.1, 0.15) is 18.4 Å². The Labute approximate surface area is 117 Å². The maximum absolute atomic E-state index is 12.1. The van der Waals surface area contributed by atoms with Gasteiger partial charge in [0.2, 0.25) is 5.91 Å². The van der Waals surface area contributed by atoms with Crippen LogP contribution in [0.2, 0.25) is 0 Å². The van der Waals surface area contributed by atoms with Crippen molar-refractivity contribution in [2.24, 2.45) is 7.05 Å². The Kier molecular flexibility index (Phi) is 4.32. The number of amides is 1. The number of rotatable bonds is 5. The highest BCUT2D eigenvalue weighted by Gasteiger charge is 2.20. The summed E-state index contributed by atoms with van der Waals surface area (Å²) in [6.45, 7) is 2.62. The van der Waals surface area contributed by atoms with E-state index in [0.29, 0.717) is 13.1 Å². The molecule has 2 rings (SSSR count). The molecule has 2 aromatic heterocycles. The van der Waals surface area contributed by atoms with Crippen molar-refractivity contribution in [3.8, 4) is 0 Å². The standard InChI is InChI=1S/C14H17ClN2O2/c1-11(15)14(18)17(10-13-6-4-8-19-13)9-12-5-3-7-16(12)2/h3-8,11H,9-10H2,1-2H3. The molecule has 102 valence electrons. The average Bonchev–Trinajstić information content (AvgIpc) is 3.00. The zero-order valence-corrected chi connectivity index (χ0v) is 11.8. The second-order valence-electron chi connectivity index (χ2n) is 4.50. The normalized spacial score (nSPS) is 12.4. The first-order chi connectivity index (χ1) is 9.08. The molecular weight excluding hydrogens is 264 g/mol. The largest absolute Gasteiger partial charge is 0.467 e. The molecule has 2 aromatic rings. The highest BCUT2D eigenvalue weighted by molar-refractivity contribution is 6.30. The van der Waals surface area contributed by atoms with Gasteiger partial charge in [-0.2, -0.15) is 0 Å². The van der Waals surface area contributed by atoms with Crippen LogP contribution in [0, 0.1) is 0 Å². The molecule has 1 amide bonds. The van der Waals surface area contributed by atoms with E-state index < -0.39 is 5.38 Å². The predicted octanol–water partition coefficient (Wildman–Crippen LogP) is 2.77. The van der Waals surface area contributed by atoms with Gasteiger partial charge in [0.1, 0.15) is 11.1 Å². The number of furan rings is 1. The number of aromatic nitrogens is 1. The van der Waals surface area contributed by atoms with Gasteiger partial charge < -0.3 is 13.9 Å². The Bertz CT molecular complexity index is 531. The topological polar surface area (TPSA) is 38.4 Å². The van der Waals surface area contributed by atoms with E-state index in [1.807, 2.05) is 42.1 Å². The van der Waals surface area contributed by atoms with Crippen molar-refractivity contribution in [2.75, 3.05) is 0 Å². The van der Waals surface area contributed by atoms with E-state index in [4.69, 9.17) is 16.0 Å². The zero-order valence-electron chi connectivity index (χ0n) is 11.0. The molecule has 0 fully saturated rings. The highest BCUT2D eigenvalue weighted by atomic mass is 35.5. The Morgan fingerprint density at radius 1 is 1.42 bits per heavy atom. The second kappa shape index (κ2) is 5.97. The molecule has 0 aliphatic carbocycles. The molecule has 1 unspecified atom stereocenters. The first-order valence-electron chi connectivity index (χ1n) is 6.13. The minimum absolute atomic E-state index is 0.0979. The lowest BCUT2D eigenvalue weighted by Crippen LogP contribution is -2.35. The first kappa shape index (κ1) is 13.7. The molecule has 0 aliphatic rings. The van der Waals surface area contributed by atoms with Crippen molar-refractivity contribution in [3.63, 3.8) is 0 Å². The van der Waals surface area contributed by atoms with Crippen LogP contribution in [0.15, 0.2) is 41.1 Å². The van der Waals surface area contributed by atoms with Crippen LogP contribution >= 0.6 is 11.6 Å². The average molecular weight is 281 g/mol. The Morgan fingerprint density at radius 3 is 2.74 bits per heavy atom. The molecule has 0 N–H and O–H groups in total. The number of alkyl halides is 1. The van der Waals surface area contributed by atoms with Crippen LogP contribution in [0.5, 0.6) is 0 Å². The van der Waals surface area contributed by atoms with Gasteiger partial charge in [0.05, 0.1) is 19.4 Å². The molecule has 19 heavy (non-hydrogen) atoms. The molecule has 2 heterocycles. The van der Waals surface area contributed by atoms with Gasteiger partial charge in [0, 0.05) is 18.9 Å². The van der Waals surface area contributed by atoms with E-state index in [1.54, 1.807) is 18.1 Å². The van der Waals surface area contributed by atoms with Gasteiger partial charge in [-0.25, -0.2) is 0 Å². The van der Waals surface area contributed by atoms with E-state index in [0.717, 1.165) is 11.5 Å². The molecule has 0 radical (unpaired) electrons. The molecule has 0 spiro atoms. The number of hydrogen-bond acceptors (Lipinski definition) is 2. The van der Waals surface area contributed by atoms with E-state index in [2.05, 4.69) is 0 Å². The van der Waals surface area contributed by atoms with E-state index >= 15 is 0 Å². The second-order valence-corrected chi connectivity index (χ2v) is 5.15. The summed E-state index contributed by atoms with van der Waals surface area (Å²) in [7, 11) is 1.95. The molecule has 0 saturated carbocycles. The number of halogens is 1. The van der Waals surface area contributed by atoms with E-state index in [-0.39, 0.29) is 5.91 Å². The third kappa shape index (κ3) is 3.41. The number of carbonyl (C=O) groups is 1. The summed E-state index contributed by atoms with van der Waals surface area (Å²) in [6.07, 6.45) is 3.56. The number of hydrogen-bond donors (Lipinski definition) is 0. The molecule has 4 nitrogen and oxygen atoms in total. The van der Waals surface area contributed by atoms with Gasteiger partial charge in [-0.1, -0.05) is 0 Å². The Morgan fingerprint density at radius 2 is 2.21 bits per heavy atom. The third-order valence-electron chi connectivity index (χ3n) is 2.98. The molecule has 5 heteroatoms. The van der Waals surface area contributed by atoms with Crippen molar-refractivity contribution < 1.29 is 9.21 Å². The molecule has 1 atom stereocenters. The smallest absolute Gasteiger partial charge is 0.241 e. The van der Waals surface area contributed by atoms with Gasteiger partial charge in [-0.15, -0.1) is 11.6 Å². The molecule has 0 saturated heterocycles. The molecule has 0 aliphatic heterocycles. The fourth-order valence-corrected chi connectivity index (χ4v) is 2.05. The van der Waals surface area contributed by atoms with Gasteiger partial charge in [0.15, 0.2) is 0 Å². The number of aryl methyl sites for hydroxylation is 1. The molecule has 0 aromatic carbocycles. The lowest BCUT2D eigenvalue weighted by Gasteiger charge is -2.23. The lowest BCUT2D eigenvalue weighted by molar-refractivity contribution is -0.132. The van der Waals surface area contributed by atoms with E-state index in [9.17, 15) is 4.79 Å². The van der Waals surface area contributed by atoms with Gasteiger partial charge in [0.25, 0.3) is 0 Å². The number of nitrogens with zero attached hydrogens (tertiary/aromatic N) is 2. The molecular formula is C14H17ClN2O2. The third-order valence-corrected chi connectivity index (χ3v) is 3.17. The summed E-state index contributed by atoms with van der Waals surface area (Å²) in [5.41, 5.74) is 1.05. The summed E-state index contributed by atoms with van der Waals surface area (Å²) < 4.78 is 7.29. The maximum atomic E-state index is 12.1. The minimum Gasteiger partial charge on any atom is -0.467 e. The Hall–Kier alpha value is -1.68. The first-order valence-corrected chi connectivity index (χ1v) is 6.57. The van der Waals surface area contributed by atoms with Crippen molar-refractivity contribution in [1.29, 1.82) is 0 Å². The van der Waals surface area contributed by atoms with Crippen LogP contribution in [0.4, 0.5) is 0 Å². The molecule has 0 bridgehead atoms. The highest BCUT2D eigenvalue weighted by Crippen LogP contribution is 2.13. The quantitative estimate of drug-likeness (QED) is 0.790. The summed E-state index contributed by atoms with van der Waals surface area (Å²) in [5.74, 6) is 0.652. The minimum atomic E-state index is -0.546. The lowest BCUT2D eigenvalue weighted by atomic mass is 10.3. The predicted molar refractivity (Wildman–Crippen MR) is 73.7 cm³/mol. The van der Waals surface area contributed by atoms with E-state index in [1.165, 1.54) is 0 Å². The monoisotopic (exact) mass is 280 g/mol. The van der Waals surface area contributed by atoms with Crippen LogP contribution < -0.4 is 0 Å².